The molecule has 0 aliphatic carbocycles. The Balaban J connectivity index is 2.45. The Morgan fingerprint density at radius 2 is 1.47 bits per heavy atom. The molecule has 0 unspecified atom stereocenters. The molecule has 0 heterocycles. The lowest BCUT2D eigenvalue weighted by atomic mass is 10.1. The standard InChI is InChI=1S/C15H16Br2N2/c1-8-6-14(12(17)7-13(8)18)19-15-9(2)4-11(16)5-10(15)3/h4-7,19H,18H2,1-3H3. The van der Waals surface area contributed by atoms with Gasteiger partial charge in [-0.25, -0.2) is 0 Å². The van der Waals surface area contributed by atoms with Gasteiger partial charge in [-0.15, -0.1) is 0 Å². The summed E-state index contributed by atoms with van der Waals surface area (Å²) < 4.78 is 2.07. The molecule has 4 heteroatoms. The lowest BCUT2D eigenvalue weighted by Crippen LogP contribution is -1.99. The van der Waals surface area contributed by atoms with Gasteiger partial charge in [0.15, 0.2) is 0 Å². The van der Waals surface area contributed by atoms with Crippen molar-refractivity contribution in [1.29, 1.82) is 0 Å². The molecule has 0 spiro atoms. The van der Waals surface area contributed by atoms with Crippen LogP contribution in [0.1, 0.15) is 16.7 Å². The van der Waals surface area contributed by atoms with E-state index in [0.29, 0.717) is 0 Å². The van der Waals surface area contributed by atoms with Gasteiger partial charge in [0, 0.05) is 20.3 Å². The Bertz CT molecular complexity index is 613. The van der Waals surface area contributed by atoms with E-state index in [9.17, 15) is 0 Å². The van der Waals surface area contributed by atoms with Crippen LogP contribution in [-0.2, 0) is 0 Å². The maximum atomic E-state index is 5.90. The minimum Gasteiger partial charge on any atom is -0.398 e. The molecule has 0 aliphatic heterocycles. The van der Waals surface area contributed by atoms with Crippen LogP contribution in [0.15, 0.2) is 33.2 Å². The number of hydrogen-bond acceptors (Lipinski definition) is 2. The fourth-order valence-corrected chi connectivity index (χ4v) is 3.18. The van der Waals surface area contributed by atoms with Crippen molar-refractivity contribution in [3.63, 3.8) is 0 Å². The number of nitrogens with two attached hydrogens (primary N) is 1. The molecule has 100 valence electrons. The van der Waals surface area contributed by atoms with E-state index in [0.717, 1.165) is 31.6 Å². The van der Waals surface area contributed by atoms with Crippen molar-refractivity contribution < 1.29 is 0 Å². The number of rotatable bonds is 2. The Kier molecular flexibility index (Phi) is 4.21. The van der Waals surface area contributed by atoms with Crippen LogP contribution in [0.5, 0.6) is 0 Å². The van der Waals surface area contributed by atoms with Crippen molar-refractivity contribution in [2.24, 2.45) is 0 Å². The average Bonchev–Trinajstić information content (AvgIpc) is 2.29. The van der Waals surface area contributed by atoms with Crippen LogP contribution in [0.3, 0.4) is 0 Å². The molecule has 0 aliphatic rings. The quantitative estimate of drug-likeness (QED) is 0.675. The average molecular weight is 384 g/mol. The van der Waals surface area contributed by atoms with Gasteiger partial charge in [0.1, 0.15) is 0 Å². The Morgan fingerprint density at radius 3 is 2.05 bits per heavy atom. The number of benzene rings is 2. The van der Waals surface area contributed by atoms with Gasteiger partial charge in [-0.1, -0.05) is 15.9 Å². The van der Waals surface area contributed by atoms with Crippen molar-refractivity contribution in [2.75, 3.05) is 11.1 Å². The van der Waals surface area contributed by atoms with Gasteiger partial charge in [-0.3, -0.25) is 0 Å². The third kappa shape index (κ3) is 3.12. The fourth-order valence-electron chi connectivity index (χ4n) is 2.04. The molecule has 0 amide bonds. The van der Waals surface area contributed by atoms with Gasteiger partial charge in [-0.05, 0) is 77.7 Å². The third-order valence-corrected chi connectivity index (χ3v) is 4.23. The van der Waals surface area contributed by atoms with Crippen LogP contribution >= 0.6 is 31.9 Å². The summed E-state index contributed by atoms with van der Waals surface area (Å²) in [6.45, 7) is 6.20. The predicted molar refractivity (Wildman–Crippen MR) is 90.2 cm³/mol. The zero-order valence-corrected chi connectivity index (χ0v) is 14.3. The topological polar surface area (TPSA) is 38.0 Å². The summed E-state index contributed by atoms with van der Waals surface area (Å²) in [5.41, 5.74) is 12.3. The van der Waals surface area contributed by atoms with Crippen LogP contribution in [-0.4, -0.2) is 0 Å². The maximum Gasteiger partial charge on any atom is 0.0532 e. The highest BCUT2D eigenvalue weighted by Gasteiger charge is 2.08. The second-order valence-corrected chi connectivity index (χ2v) is 6.50. The second-order valence-electron chi connectivity index (χ2n) is 4.73. The van der Waals surface area contributed by atoms with Crippen molar-refractivity contribution >= 4 is 48.9 Å². The van der Waals surface area contributed by atoms with Crippen LogP contribution in [0.4, 0.5) is 17.1 Å². The molecule has 2 rings (SSSR count). The summed E-state index contributed by atoms with van der Waals surface area (Å²) in [5, 5.41) is 3.48. The fraction of sp³-hybridized carbons (Fsp3) is 0.200. The van der Waals surface area contributed by atoms with Gasteiger partial charge in [0.2, 0.25) is 0 Å². The van der Waals surface area contributed by atoms with E-state index in [1.165, 1.54) is 11.1 Å². The van der Waals surface area contributed by atoms with Crippen molar-refractivity contribution in [3.05, 3.63) is 49.9 Å². The number of halogens is 2. The normalized spacial score (nSPS) is 10.6. The Hall–Kier alpha value is -1.00. The van der Waals surface area contributed by atoms with Gasteiger partial charge in [0.25, 0.3) is 0 Å². The second kappa shape index (κ2) is 5.55. The Morgan fingerprint density at radius 1 is 0.895 bits per heavy atom. The minimum atomic E-state index is 0.793. The number of nitrogen functional groups attached to an aromatic ring is 1. The first-order valence-corrected chi connectivity index (χ1v) is 7.56. The van der Waals surface area contributed by atoms with E-state index in [4.69, 9.17) is 5.73 Å². The van der Waals surface area contributed by atoms with Gasteiger partial charge in [-0.2, -0.15) is 0 Å². The molecule has 2 aromatic carbocycles. The lowest BCUT2D eigenvalue weighted by molar-refractivity contribution is 1.33. The number of hydrogen-bond donors (Lipinski definition) is 2. The summed E-state index contributed by atoms with van der Waals surface area (Å²) in [7, 11) is 0. The van der Waals surface area contributed by atoms with Gasteiger partial charge >= 0.3 is 0 Å². The lowest BCUT2D eigenvalue weighted by Gasteiger charge is -2.16. The summed E-state index contributed by atoms with van der Waals surface area (Å²) >= 11 is 7.07. The van der Waals surface area contributed by atoms with E-state index in [2.05, 4.69) is 69.2 Å². The molecule has 0 bridgehead atoms. The molecule has 0 radical (unpaired) electrons. The largest absolute Gasteiger partial charge is 0.398 e. The van der Waals surface area contributed by atoms with Crippen LogP contribution in [0.25, 0.3) is 0 Å². The number of aryl methyl sites for hydroxylation is 3. The summed E-state index contributed by atoms with van der Waals surface area (Å²) in [6.07, 6.45) is 0. The first-order chi connectivity index (χ1) is 8.88. The smallest absolute Gasteiger partial charge is 0.0532 e. The van der Waals surface area contributed by atoms with Crippen LogP contribution in [0, 0.1) is 20.8 Å². The van der Waals surface area contributed by atoms with Gasteiger partial charge in [0.05, 0.1) is 5.69 Å². The monoisotopic (exact) mass is 382 g/mol. The van der Waals surface area contributed by atoms with Crippen LogP contribution in [0.2, 0.25) is 0 Å². The summed E-state index contributed by atoms with van der Waals surface area (Å²) in [5.74, 6) is 0. The molecule has 0 atom stereocenters. The molecular formula is C15H16Br2N2. The number of anilines is 3. The summed E-state index contributed by atoms with van der Waals surface area (Å²) in [6, 6.07) is 8.20. The zero-order valence-electron chi connectivity index (χ0n) is 11.1. The highest BCUT2D eigenvalue weighted by atomic mass is 79.9. The maximum absolute atomic E-state index is 5.90. The number of nitrogens with one attached hydrogen (secondary N) is 1. The molecule has 2 nitrogen and oxygen atoms in total. The van der Waals surface area contributed by atoms with E-state index in [1.54, 1.807) is 0 Å². The van der Waals surface area contributed by atoms with E-state index < -0.39 is 0 Å². The molecule has 0 fully saturated rings. The van der Waals surface area contributed by atoms with Crippen molar-refractivity contribution in [3.8, 4) is 0 Å². The van der Waals surface area contributed by atoms with E-state index in [-0.39, 0.29) is 0 Å². The first-order valence-electron chi connectivity index (χ1n) is 5.98. The molecule has 3 N–H and O–H groups in total. The molecule has 19 heavy (non-hydrogen) atoms. The third-order valence-electron chi connectivity index (χ3n) is 3.11. The summed E-state index contributed by atoms with van der Waals surface area (Å²) in [4.78, 5) is 0. The highest BCUT2D eigenvalue weighted by Crippen LogP contribution is 2.33. The molecule has 0 aromatic heterocycles. The van der Waals surface area contributed by atoms with E-state index >= 15 is 0 Å². The van der Waals surface area contributed by atoms with Crippen molar-refractivity contribution in [2.45, 2.75) is 20.8 Å². The highest BCUT2D eigenvalue weighted by molar-refractivity contribution is 9.10. The zero-order chi connectivity index (χ0) is 14.2. The minimum absolute atomic E-state index is 0.793. The van der Waals surface area contributed by atoms with Gasteiger partial charge < -0.3 is 11.1 Å². The molecule has 0 saturated carbocycles. The SMILES string of the molecule is Cc1cc(Nc2c(C)cc(Br)cc2C)c(Br)cc1N. The van der Waals surface area contributed by atoms with Crippen molar-refractivity contribution in [1.82, 2.24) is 0 Å². The first kappa shape index (κ1) is 14.4. The molecular weight excluding hydrogens is 368 g/mol. The molecule has 2 aromatic rings. The van der Waals surface area contributed by atoms with E-state index in [1.807, 2.05) is 13.0 Å². The predicted octanol–water partition coefficient (Wildman–Crippen LogP) is 5.46. The molecule has 0 saturated heterocycles. The van der Waals surface area contributed by atoms with Crippen LogP contribution < -0.4 is 11.1 Å². The Labute approximate surface area is 130 Å².